The minimum Gasteiger partial charge on any atom is -0.326 e. The Bertz CT molecular complexity index is 734. The molecule has 0 bridgehead atoms. The molecule has 6 heteroatoms. The van der Waals surface area contributed by atoms with Crippen molar-refractivity contribution in [1.82, 2.24) is 0 Å². The number of hydrogen-bond donors (Lipinski definition) is 2. The van der Waals surface area contributed by atoms with E-state index >= 15 is 0 Å². The fourth-order valence-corrected chi connectivity index (χ4v) is 3.79. The first kappa shape index (κ1) is 25.5. The molecule has 0 saturated heterocycles. The first-order valence-corrected chi connectivity index (χ1v) is 12.1. The minimum absolute atomic E-state index is 0.0341. The highest BCUT2D eigenvalue weighted by Gasteiger charge is 2.03. The van der Waals surface area contributed by atoms with Crippen LogP contribution in [-0.4, -0.2) is 11.8 Å². The van der Waals surface area contributed by atoms with Crippen LogP contribution in [0.15, 0.2) is 49.1 Å². The molecule has 2 amide bonds. The van der Waals surface area contributed by atoms with Crippen LogP contribution in [0, 0.1) is 0 Å². The van der Waals surface area contributed by atoms with E-state index in [9.17, 15) is 9.59 Å². The Hall–Kier alpha value is -2.76. The van der Waals surface area contributed by atoms with Crippen LogP contribution < -0.4 is 19.8 Å². The number of rotatable bonds is 15. The summed E-state index contributed by atoms with van der Waals surface area (Å²) in [5.74, 6) is -0.0682. The fourth-order valence-electron chi connectivity index (χ4n) is 3.79. The molecule has 174 valence electrons. The number of unbranched alkanes of at least 4 members (excludes halogenated alkanes) is 9. The molecule has 0 aliphatic rings. The van der Waals surface area contributed by atoms with Gasteiger partial charge in [-0.1, -0.05) is 38.5 Å². The Balaban J connectivity index is 1.39. The van der Waals surface area contributed by atoms with E-state index in [-0.39, 0.29) is 11.8 Å². The second-order valence-corrected chi connectivity index (χ2v) is 8.55. The van der Waals surface area contributed by atoms with Gasteiger partial charge in [-0.3, -0.25) is 9.59 Å². The van der Waals surface area contributed by atoms with Gasteiger partial charge in [-0.05, 0) is 12.8 Å². The molecule has 0 unspecified atom stereocenters. The predicted molar refractivity (Wildman–Crippen MR) is 128 cm³/mol. The number of aryl methyl sites for hydroxylation is 2. The molecule has 0 aliphatic carbocycles. The van der Waals surface area contributed by atoms with Gasteiger partial charge in [0.25, 0.3) is 0 Å². The van der Waals surface area contributed by atoms with Crippen molar-refractivity contribution in [3.63, 3.8) is 0 Å². The van der Waals surface area contributed by atoms with Crippen molar-refractivity contribution >= 4 is 23.2 Å². The number of carbonyl (C=O) groups excluding carboxylic acids is 2. The molecule has 2 aromatic heterocycles. The Morgan fingerprint density at radius 3 is 1.12 bits per heavy atom. The van der Waals surface area contributed by atoms with Crippen LogP contribution in [0.3, 0.4) is 0 Å². The lowest BCUT2D eigenvalue weighted by molar-refractivity contribution is -0.697. The summed E-state index contributed by atoms with van der Waals surface area (Å²) < 4.78 is 4.36. The zero-order valence-corrected chi connectivity index (χ0v) is 19.8. The van der Waals surface area contributed by atoms with Crippen molar-refractivity contribution in [2.75, 3.05) is 10.6 Å². The standard InChI is InChI=1S/C26H38N4O2/c1-23(31)27-25-13-19-29(20-14-25)17-11-9-7-5-3-4-6-8-10-12-18-30-21-15-26(16-22-30)28-24(2)32/h13-16,19-22H,3-12,17-18H2,1-2H3/p+2. The SMILES string of the molecule is CC(=O)Nc1cc[n+](CCCCCCCCCCCC[n+]2ccc(NC(C)=O)cc2)cc1. The number of nitrogens with zero attached hydrogens (tertiary/aromatic N) is 2. The van der Waals surface area contributed by atoms with Crippen molar-refractivity contribution in [3.05, 3.63) is 49.1 Å². The van der Waals surface area contributed by atoms with Gasteiger partial charge in [0, 0.05) is 51.0 Å². The number of pyridine rings is 2. The van der Waals surface area contributed by atoms with Gasteiger partial charge in [0.1, 0.15) is 13.1 Å². The van der Waals surface area contributed by atoms with Gasteiger partial charge in [0.2, 0.25) is 11.8 Å². The molecule has 0 spiro atoms. The molecule has 2 rings (SSSR count). The van der Waals surface area contributed by atoms with Gasteiger partial charge in [0.05, 0.1) is 11.4 Å². The van der Waals surface area contributed by atoms with Gasteiger partial charge in [-0.25, -0.2) is 9.13 Å². The van der Waals surface area contributed by atoms with Crippen LogP contribution >= 0.6 is 0 Å². The molecular formula is C26H40N4O2+2. The maximum Gasteiger partial charge on any atom is 0.221 e. The van der Waals surface area contributed by atoms with Crippen molar-refractivity contribution in [1.29, 1.82) is 0 Å². The van der Waals surface area contributed by atoms with Gasteiger partial charge < -0.3 is 10.6 Å². The molecule has 0 radical (unpaired) electrons. The topological polar surface area (TPSA) is 66.0 Å². The number of anilines is 2. The summed E-state index contributed by atoms with van der Waals surface area (Å²) in [4.78, 5) is 22.1. The molecule has 0 atom stereocenters. The highest BCUT2D eigenvalue weighted by atomic mass is 16.2. The van der Waals surface area contributed by atoms with E-state index in [0.29, 0.717) is 0 Å². The first-order valence-electron chi connectivity index (χ1n) is 12.1. The zero-order valence-electron chi connectivity index (χ0n) is 19.8. The van der Waals surface area contributed by atoms with Crippen molar-refractivity contribution in [2.45, 2.75) is 91.1 Å². The second-order valence-electron chi connectivity index (χ2n) is 8.55. The van der Waals surface area contributed by atoms with Crippen LogP contribution in [0.2, 0.25) is 0 Å². The summed E-state index contributed by atoms with van der Waals surface area (Å²) in [5, 5.41) is 5.59. The lowest BCUT2D eigenvalue weighted by Crippen LogP contribution is -2.32. The van der Waals surface area contributed by atoms with Crippen LogP contribution in [0.25, 0.3) is 0 Å². The molecule has 2 N–H and O–H groups in total. The lowest BCUT2D eigenvalue weighted by atomic mass is 10.1. The average molecular weight is 441 g/mol. The van der Waals surface area contributed by atoms with Gasteiger partial charge in [-0.2, -0.15) is 0 Å². The molecule has 0 aromatic carbocycles. The number of hydrogen-bond acceptors (Lipinski definition) is 2. The molecule has 0 saturated carbocycles. The number of aromatic nitrogens is 2. The molecular weight excluding hydrogens is 400 g/mol. The van der Waals surface area contributed by atoms with E-state index < -0.39 is 0 Å². The largest absolute Gasteiger partial charge is 0.326 e. The van der Waals surface area contributed by atoms with E-state index in [1.54, 1.807) is 0 Å². The number of nitrogens with one attached hydrogen (secondary N) is 2. The third kappa shape index (κ3) is 11.6. The quantitative estimate of drug-likeness (QED) is 0.309. The van der Waals surface area contributed by atoms with Crippen LogP contribution in [0.1, 0.15) is 78.1 Å². The van der Waals surface area contributed by atoms with Crippen LogP contribution in [0.5, 0.6) is 0 Å². The number of carbonyl (C=O) groups is 2. The normalized spacial score (nSPS) is 10.7. The highest BCUT2D eigenvalue weighted by molar-refractivity contribution is 5.88. The summed E-state index contributed by atoms with van der Waals surface area (Å²) in [7, 11) is 0. The van der Waals surface area contributed by atoms with Gasteiger partial charge in [-0.15, -0.1) is 0 Å². The zero-order chi connectivity index (χ0) is 23.0. The molecule has 2 aromatic rings. The van der Waals surface area contributed by atoms with E-state index in [4.69, 9.17) is 0 Å². The Kier molecular flexibility index (Phi) is 12.0. The predicted octanol–water partition coefficient (Wildman–Crippen LogP) is 4.78. The Labute approximate surface area is 193 Å². The molecule has 0 aliphatic heterocycles. The fraction of sp³-hybridized carbons (Fsp3) is 0.538. The number of amides is 2. The molecule has 6 nitrogen and oxygen atoms in total. The van der Waals surface area contributed by atoms with E-state index in [1.165, 1.54) is 78.1 Å². The van der Waals surface area contributed by atoms with Crippen molar-refractivity contribution < 1.29 is 18.7 Å². The molecule has 0 fully saturated rings. The van der Waals surface area contributed by atoms with Gasteiger partial charge >= 0.3 is 0 Å². The average Bonchev–Trinajstić information content (AvgIpc) is 2.76. The second kappa shape index (κ2) is 15.1. The minimum atomic E-state index is -0.0341. The summed E-state index contributed by atoms with van der Waals surface area (Å²) in [6.45, 7) is 5.13. The first-order chi connectivity index (χ1) is 15.5. The van der Waals surface area contributed by atoms with Crippen LogP contribution in [-0.2, 0) is 22.7 Å². The third-order valence-electron chi connectivity index (χ3n) is 5.51. The Morgan fingerprint density at radius 2 is 0.844 bits per heavy atom. The third-order valence-corrected chi connectivity index (χ3v) is 5.51. The summed E-state index contributed by atoms with van der Waals surface area (Å²) in [5.41, 5.74) is 1.70. The maximum atomic E-state index is 11.0. The van der Waals surface area contributed by atoms with Gasteiger partial charge in [0.15, 0.2) is 24.8 Å². The summed E-state index contributed by atoms with van der Waals surface area (Å²) in [6.07, 6.45) is 21.1. The van der Waals surface area contributed by atoms with Crippen LogP contribution in [0.4, 0.5) is 11.4 Å². The lowest BCUT2D eigenvalue weighted by Gasteiger charge is -2.03. The van der Waals surface area contributed by atoms with Crippen molar-refractivity contribution in [3.8, 4) is 0 Å². The van der Waals surface area contributed by atoms with E-state index in [1.807, 2.05) is 49.1 Å². The maximum absolute atomic E-state index is 11.0. The summed E-state index contributed by atoms with van der Waals surface area (Å²) >= 11 is 0. The monoisotopic (exact) mass is 440 g/mol. The van der Waals surface area contributed by atoms with E-state index in [0.717, 1.165) is 24.5 Å². The molecule has 32 heavy (non-hydrogen) atoms. The molecule has 2 heterocycles. The summed E-state index contributed by atoms with van der Waals surface area (Å²) in [6, 6.07) is 7.79. The van der Waals surface area contributed by atoms with E-state index in [2.05, 4.69) is 19.8 Å². The highest BCUT2D eigenvalue weighted by Crippen LogP contribution is 2.11. The van der Waals surface area contributed by atoms with Crippen molar-refractivity contribution in [2.24, 2.45) is 0 Å². The Morgan fingerprint density at radius 1 is 0.562 bits per heavy atom. The smallest absolute Gasteiger partial charge is 0.221 e.